The summed E-state index contributed by atoms with van der Waals surface area (Å²) in [6, 6.07) is 2.80. The van der Waals surface area contributed by atoms with Crippen molar-refractivity contribution in [1.82, 2.24) is 0 Å². The number of rotatable bonds is 4. The molecule has 144 valence electrons. The van der Waals surface area contributed by atoms with Gasteiger partial charge in [0.05, 0.1) is 11.1 Å². The number of alkyl halides is 3. The first-order valence-corrected chi connectivity index (χ1v) is 6.64. The quantitative estimate of drug-likeness (QED) is 0.264. The summed E-state index contributed by atoms with van der Waals surface area (Å²) in [5.74, 6) is -10.8. The molecule has 0 aliphatic carbocycles. The molecule has 0 amide bonds. The van der Waals surface area contributed by atoms with Crippen molar-refractivity contribution in [3.05, 3.63) is 62.7 Å². The SMILES string of the molecule is O=[N+]([O-])c1cc(/C=N/Nc2c(F)c(F)c(C(F)(F)F)c(F)c2F)ccc1O. The molecule has 0 heterocycles. The molecule has 6 nitrogen and oxygen atoms in total. The molecular weight excluding hydrogens is 391 g/mol. The van der Waals surface area contributed by atoms with Crippen molar-refractivity contribution in [2.45, 2.75) is 6.18 Å². The summed E-state index contributed by atoms with van der Waals surface area (Å²) in [7, 11) is 0. The third-order valence-electron chi connectivity index (χ3n) is 3.13. The number of nitro groups is 1. The van der Waals surface area contributed by atoms with Crippen molar-refractivity contribution in [2.24, 2.45) is 5.10 Å². The largest absolute Gasteiger partial charge is 0.502 e. The number of hydrogen-bond acceptors (Lipinski definition) is 5. The number of halogens is 7. The minimum absolute atomic E-state index is 0.0827. The van der Waals surface area contributed by atoms with E-state index in [1.807, 2.05) is 0 Å². The van der Waals surface area contributed by atoms with Crippen molar-refractivity contribution in [3.63, 3.8) is 0 Å². The Morgan fingerprint density at radius 1 is 1.07 bits per heavy atom. The van der Waals surface area contributed by atoms with Crippen molar-refractivity contribution in [1.29, 1.82) is 0 Å². The van der Waals surface area contributed by atoms with E-state index in [-0.39, 0.29) is 5.56 Å². The van der Waals surface area contributed by atoms with Crippen LogP contribution in [0.1, 0.15) is 11.1 Å². The van der Waals surface area contributed by atoms with Crippen molar-refractivity contribution >= 4 is 17.6 Å². The maximum Gasteiger partial charge on any atom is 0.422 e. The minimum atomic E-state index is -5.68. The van der Waals surface area contributed by atoms with Gasteiger partial charge in [-0.15, -0.1) is 0 Å². The van der Waals surface area contributed by atoms with Crippen LogP contribution >= 0.6 is 0 Å². The van der Waals surface area contributed by atoms with Gasteiger partial charge in [0.25, 0.3) is 0 Å². The molecule has 0 fully saturated rings. The number of phenolic OH excluding ortho intramolecular Hbond substituents is 1. The smallest absolute Gasteiger partial charge is 0.422 e. The number of phenols is 1. The van der Waals surface area contributed by atoms with Gasteiger partial charge in [-0.1, -0.05) is 0 Å². The van der Waals surface area contributed by atoms with E-state index < -0.39 is 57.1 Å². The molecule has 13 heteroatoms. The molecule has 0 atom stereocenters. The molecule has 0 unspecified atom stereocenters. The normalized spacial score (nSPS) is 11.8. The van der Waals surface area contributed by atoms with Gasteiger partial charge in [-0.2, -0.15) is 18.3 Å². The van der Waals surface area contributed by atoms with Gasteiger partial charge in [0.2, 0.25) is 0 Å². The van der Waals surface area contributed by atoms with Crippen molar-refractivity contribution < 1.29 is 40.8 Å². The van der Waals surface area contributed by atoms with Crippen LogP contribution in [0.4, 0.5) is 42.1 Å². The lowest BCUT2D eigenvalue weighted by Crippen LogP contribution is -2.16. The van der Waals surface area contributed by atoms with Gasteiger partial charge in [0, 0.05) is 11.6 Å². The second kappa shape index (κ2) is 7.09. The highest BCUT2D eigenvalue weighted by Gasteiger charge is 2.42. The molecule has 0 spiro atoms. The average molecular weight is 397 g/mol. The van der Waals surface area contributed by atoms with E-state index in [2.05, 4.69) is 5.10 Å². The molecular formula is C14H6F7N3O3. The Morgan fingerprint density at radius 2 is 1.63 bits per heavy atom. The van der Waals surface area contributed by atoms with Crippen LogP contribution in [0.3, 0.4) is 0 Å². The van der Waals surface area contributed by atoms with E-state index in [1.54, 1.807) is 0 Å². The number of nitro benzene ring substituents is 1. The molecule has 0 aliphatic rings. The monoisotopic (exact) mass is 397 g/mol. The Labute approximate surface area is 144 Å². The van der Waals surface area contributed by atoms with Crippen LogP contribution in [0.25, 0.3) is 0 Å². The maximum absolute atomic E-state index is 13.6. The molecule has 0 aromatic heterocycles. The Kier molecular flexibility index (Phi) is 5.23. The van der Waals surface area contributed by atoms with Gasteiger partial charge in [-0.3, -0.25) is 15.5 Å². The minimum Gasteiger partial charge on any atom is -0.502 e. The summed E-state index contributed by atoms with van der Waals surface area (Å²) in [4.78, 5) is 9.71. The van der Waals surface area contributed by atoms with Crippen LogP contribution in [-0.2, 0) is 6.18 Å². The predicted molar refractivity (Wildman–Crippen MR) is 77.3 cm³/mol. The van der Waals surface area contributed by atoms with Crippen LogP contribution in [0.15, 0.2) is 23.3 Å². The van der Waals surface area contributed by atoms with Gasteiger partial charge >= 0.3 is 11.9 Å². The molecule has 0 saturated heterocycles. The Morgan fingerprint density at radius 3 is 2.11 bits per heavy atom. The molecule has 2 rings (SSSR count). The molecule has 2 N–H and O–H groups in total. The van der Waals surface area contributed by atoms with E-state index >= 15 is 0 Å². The maximum atomic E-state index is 13.6. The highest BCUT2D eigenvalue weighted by atomic mass is 19.4. The molecule has 2 aromatic rings. The Balaban J connectivity index is 2.38. The molecule has 0 saturated carbocycles. The Hall–Kier alpha value is -3.38. The van der Waals surface area contributed by atoms with E-state index in [0.717, 1.165) is 18.2 Å². The van der Waals surface area contributed by atoms with Gasteiger partial charge in [0.1, 0.15) is 11.3 Å². The van der Waals surface area contributed by atoms with E-state index in [4.69, 9.17) is 0 Å². The number of hydrogen-bond donors (Lipinski definition) is 2. The summed E-state index contributed by atoms with van der Waals surface area (Å²) in [6.45, 7) is 0. The van der Waals surface area contributed by atoms with Gasteiger partial charge in [0.15, 0.2) is 29.0 Å². The predicted octanol–water partition coefficient (Wildman–Crippen LogP) is 4.32. The number of benzene rings is 2. The third kappa shape index (κ3) is 3.91. The molecule has 27 heavy (non-hydrogen) atoms. The number of aromatic hydroxyl groups is 1. The van der Waals surface area contributed by atoms with Crippen LogP contribution < -0.4 is 5.43 Å². The highest BCUT2D eigenvalue weighted by Crippen LogP contribution is 2.38. The summed E-state index contributed by atoms with van der Waals surface area (Å²) in [6.07, 6.45) is -4.97. The third-order valence-corrected chi connectivity index (χ3v) is 3.13. The first kappa shape index (κ1) is 19.9. The standard InChI is InChI=1S/C14H6F7N3O3/c15-9-8(14(19,20)21)10(16)12(18)13(11(9)17)23-22-4-5-1-2-7(25)6(3-5)24(26)27/h1-4,23,25H/b22-4+. The molecule has 0 aliphatic heterocycles. The van der Waals surface area contributed by atoms with Gasteiger partial charge in [-0.25, -0.2) is 17.6 Å². The second-order valence-electron chi connectivity index (χ2n) is 4.88. The number of anilines is 1. The van der Waals surface area contributed by atoms with Crippen LogP contribution in [0.5, 0.6) is 5.75 Å². The molecule has 0 radical (unpaired) electrons. The first-order valence-electron chi connectivity index (χ1n) is 6.64. The van der Waals surface area contributed by atoms with Crippen LogP contribution in [0.2, 0.25) is 0 Å². The summed E-state index contributed by atoms with van der Waals surface area (Å²) in [5, 5.41) is 23.1. The fourth-order valence-corrected chi connectivity index (χ4v) is 1.92. The number of nitrogens with one attached hydrogen (secondary N) is 1. The number of nitrogens with zero attached hydrogens (tertiary/aromatic N) is 2. The summed E-state index contributed by atoms with van der Waals surface area (Å²) >= 11 is 0. The van der Waals surface area contributed by atoms with E-state index in [9.17, 15) is 46.0 Å². The lowest BCUT2D eigenvalue weighted by molar-refractivity contribution is -0.385. The van der Waals surface area contributed by atoms with Gasteiger partial charge < -0.3 is 5.11 Å². The second-order valence-corrected chi connectivity index (χ2v) is 4.88. The van der Waals surface area contributed by atoms with E-state index in [0.29, 0.717) is 6.21 Å². The zero-order valence-corrected chi connectivity index (χ0v) is 12.6. The topological polar surface area (TPSA) is 87.8 Å². The molecule has 0 bridgehead atoms. The Bertz CT molecular complexity index is 916. The van der Waals surface area contributed by atoms with Crippen LogP contribution in [0, 0.1) is 33.4 Å². The average Bonchev–Trinajstić information content (AvgIpc) is 2.56. The fraction of sp³-hybridized carbons (Fsp3) is 0.0714. The van der Waals surface area contributed by atoms with Crippen LogP contribution in [-0.4, -0.2) is 16.2 Å². The van der Waals surface area contributed by atoms with Crippen molar-refractivity contribution in [3.8, 4) is 5.75 Å². The lowest BCUT2D eigenvalue weighted by atomic mass is 10.1. The number of hydrazone groups is 1. The lowest BCUT2D eigenvalue weighted by Gasteiger charge is -2.13. The zero-order chi connectivity index (χ0) is 20.5. The fourth-order valence-electron chi connectivity index (χ4n) is 1.92. The molecule has 2 aromatic carbocycles. The van der Waals surface area contributed by atoms with E-state index in [1.165, 1.54) is 5.43 Å². The summed E-state index contributed by atoms with van der Waals surface area (Å²) < 4.78 is 91.6. The summed E-state index contributed by atoms with van der Waals surface area (Å²) in [5.41, 5.74) is -3.69. The van der Waals surface area contributed by atoms with Crippen molar-refractivity contribution in [2.75, 3.05) is 5.43 Å². The van der Waals surface area contributed by atoms with Gasteiger partial charge in [-0.05, 0) is 12.1 Å². The zero-order valence-electron chi connectivity index (χ0n) is 12.6. The first-order chi connectivity index (χ1) is 12.4. The highest BCUT2D eigenvalue weighted by molar-refractivity contribution is 5.82.